The first-order valence-corrected chi connectivity index (χ1v) is 23.8. The number of carboxylic acid groups (broad SMARTS) is 1. The smallest absolute Gasteiger partial charge is 0.381 e. The predicted molar refractivity (Wildman–Crippen MR) is 297 cm³/mol. The van der Waals surface area contributed by atoms with Gasteiger partial charge in [-0.2, -0.15) is 0 Å². The van der Waals surface area contributed by atoms with Gasteiger partial charge in [0.25, 0.3) is 22.6 Å². The van der Waals surface area contributed by atoms with Gasteiger partial charge in [0.2, 0.25) is 0 Å². The van der Waals surface area contributed by atoms with Gasteiger partial charge < -0.3 is 39.3 Å². The van der Waals surface area contributed by atoms with E-state index in [1.807, 2.05) is 42.3 Å². The SMILES string of the molecule is C#CC(=O)Nc1ccc(Oc2ccc(F)cc2F)c(-c2cn(C)c(=O)c3ccccc23)c1.C#CC(=O)O.Cn1cc(-c2cc(N)ccc2Oc2ccc(F)cc2F)c2ccccc2c1=O.Cn1cc(Br)c2ccccc2c1=O. The summed E-state index contributed by atoms with van der Waals surface area (Å²) >= 11 is 3.42. The number of fused-ring (bicyclic) bond motifs is 3. The Morgan fingerprint density at radius 2 is 0.910 bits per heavy atom. The summed E-state index contributed by atoms with van der Waals surface area (Å²) < 4.78 is 71.8. The fourth-order valence-corrected chi connectivity index (χ4v) is 8.56. The monoisotopic (exact) mass is 1120 g/mol. The number of anilines is 2. The van der Waals surface area contributed by atoms with Crippen LogP contribution in [0.3, 0.4) is 0 Å². The highest BCUT2D eigenvalue weighted by Gasteiger charge is 2.19. The number of carboxylic acids is 1. The summed E-state index contributed by atoms with van der Waals surface area (Å²) in [5.41, 5.74) is 8.94. The maximum absolute atomic E-state index is 14.2. The molecule has 0 aliphatic carbocycles. The summed E-state index contributed by atoms with van der Waals surface area (Å²) in [5, 5.41) is 14.1. The van der Waals surface area contributed by atoms with E-state index in [-0.39, 0.29) is 33.9 Å². The van der Waals surface area contributed by atoms with Gasteiger partial charge in [0, 0.05) is 117 Å². The van der Waals surface area contributed by atoms with Crippen LogP contribution < -0.4 is 37.2 Å². The largest absolute Gasteiger partial charge is 0.472 e. The number of carbonyl (C=O) groups is 2. The normalized spacial score (nSPS) is 10.4. The Labute approximate surface area is 450 Å². The second kappa shape index (κ2) is 24.5. The molecule has 0 aliphatic heterocycles. The second-order valence-corrected chi connectivity index (χ2v) is 17.7. The van der Waals surface area contributed by atoms with Crippen LogP contribution >= 0.6 is 15.9 Å². The number of aryl methyl sites for hydroxylation is 3. The Kier molecular flexibility index (Phi) is 17.4. The van der Waals surface area contributed by atoms with Crippen LogP contribution in [0.1, 0.15) is 0 Å². The van der Waals surface area contributed by atoms with Crippen LogP contribution in [0.25, 0.3) is 54.6 Å². The number of aromatic nitrogens is 3. The minimum absolute atomic E-state index is 0.0406. The van der Waals surface area contributed by atoms with Crippen molar-refractivity contribution in [3.05, 3.63) is 223 Å². The molecule has 18 heteroatoms. The number of aliphatic carboxylic acids is 1. The molecular formula is C60H42BrF4N5O8. The summed E-state index contributed by atoms with van der Waals surface area (Å²) in [6.07, 6.45) is 14.6. The minimum atomic E-state index is -1.22. The third-order valence-corrected chi connectivity index (χ3v) is 12.2. The van der Waals surface area contributed by atoms with Crippen molar-refractivity contribution in [1.29, 1.82) is 0 Å². The van der Waals surface area contributed by atoms with E-state index in [4.69, 9.17) is 31.5 Å². The second-order valence-electron chi connectivity index (χ2n) is 16.8. The third kappa shape index (κ3) is 12.8. The van der Waals surface area contributed by atoms with E-state index in [9.17, 15) is 36.7 Å². The van der Waals surface area contributed by atoms with Crippen molar-refractivity contribution in [2.24, 2.45) is 21.1 Å². The molecule has 0 atom stereocenters. The van der Waals surface area contributed by atoms with E-state index >= 15 is 0 Å². The number of halogens is 5. The highest BCUT2D eigenvalue weighted by Crippen LogP contribution is 2.40. The summed E-state index contributed by atoms with van der Waals surface area (Å²) in [6.45, 7) is 0. The molecule has 390 valence electrons. The van der Waals surface area contributed by atoms with Crippen molar-refractivity contribution in [2.45, 2.75) is 0 Å². The third-order valence-electron chi connectivity index (χ3n) is 11.5. The Morgan fingerprint density at radius 3 is 1.35 bits per heavy atom. The molecule has 0 saturated heterocycles. The molecule has 10 rings (SSSR count). The lowest BCUT2D eigenvalue weighted by molar-refractivity contribution is -0.130. The number of nitrogens with zero attached hydrogens (tertiary/aromatic N) is 3. The summed E-state index contributed by atoms with van der Waals surface area (Å²) in [4.78, 5) is 57.5. The highest BCUT2D eigenvalue weighted by molar-refractivity contribution is 9.10. The van der Waals surface area contributed by atoms with Gasteiger partial charge in [0.05, 0.1) is 0 Å². The molecule has 1 amide bonds. The molecule has 3 aromatic heterocycles. The molecule has 0 unspecified atom stereocenters. The van der Waals surface area contributed by atoms with Crippen LogP contribution in [0.15, 0.2) is 183 Å². The van der Waals surface area contributed by atoms with Crippen LogP contribution in [-0.4, -0.2) is 30.7 Å². The molecule has 0 saturated carbocycles. The minimum Gasteiger partial charge on any atom is -0.472 e. The fourth-order valence-electron chi connectivity index (χ4n) is 7.90. The van der Waals surface area contributed by atoms with E-state index < -0.39 is 35.1 Å². The van der Waals surface area contributed by atoms with Crippen molar-refractivity contribution < 1.29 is 41.7 Å². The fraction of sp³-hybridized carbons (Fsp3) is 0.0500. The zero-order valence-electron chi connectivity index (χ0n) is 41.4. The Hall–Kier alpha value is -10.2. The van der Waals surface area contributed by atoms with Crippen LogP contribution in [-0.2, 0) is 30.7 Å². The number of carbonyl (C=O) groups excluding carboxylic acids is 1. The van der Waals surface area contributed by atoms with Crippen molar-refractivity contribution >= 4 is 71.5 Å². The van der Waals surface area contributed by atoms with Gasteiger partial charge >= 0.3 is 5.97 Å². The van der Waals surface area contributed by atoms with Crippen molar-refractivity contribution in [3.8, 4) is 69.9 Å². The number of hydrogen-bond acceptors (Lipinski definition) is 8. The molecule has 4 N–H and O–H groups in total. The van der Waals surface area contributed by atoms with Gasteiger partial charge in [-0.3, -0.25) is 19.2 Å². The molecule has 0 fully saturated rings. The Bertz CT molecular complexity index is 4260. The lowest BCUT2D eigenvalue weighted by Gasteiger charge is -2.16. The van der Waals surface area contributed by atoms with Gasteiger partial charge in [-0.25, -0.2) is 22.4 Å². The van der Waals surface area contributed by atoms with E-state index in [1.54, 1.807) is 111 Å². The van der Waals surface area contributed by atoms with Crippen molar-refractivity contribution in [2.75, 3.05) is 11.1 Å². The van der Waals surface area contributed by atoms with Crippen molar-refractivity contribution in [3.63, 3.8) is 0 Å². The molecule has 7 aromatic carbocycles. The number of nitrogens with two attached hydrogens (primary N) is 1. The number of hydrogen-bond donors (Lipinski definition) is 3. The van der Waals surface area contributed by atoms with Gasteiger partial charge in [-0.05, 0) is 111 Å². The zero-order valence-corrected chi connectivity index (χ0v) is 42.9. The average Bonchev–Trinajstić information content (AvgIpc) is 3.47. The maximum Gasteiger partial charge on any atom is 0.381 e. The zero-order chi connectivity index (χ0) is 56.4. The first-order valence-electron chi connectivity index (χ1n) is 23.0. The summed E-state index contributed by atoms with van der Waals surface area (Å²) in [5.74, 6) is -1.26. The highest BCUT2D eigenvalue weighted by atomic mass is 79.9. The number of rotatable bonds is 7. The van der Waals surface area contributed by atoms with Crippen LogP contribution in [0, 0.1) is 48.0 Å². The number of terminal acetylenes is 2. The molecule has 0 radical (unpaired) electrons. The predicted octanol–water partition coefficient (Wildman–Crippen LogP) is 11.7. The average molecular weight is 1120 g/mol. The Morgan fingerprint density at radius 1 is 0.526 bits per heavy atom. The quantitative estimate of drug-likeness (QED) is 0.0796. The van der Waals surface area contributed by atoms with E-state index in [0.717, 1.165) is 44.9 Å². The molecule has 13 nitrogen and oxygen atoms in total. The molecule has 3 heterocycles. The molecule has 0 spiro atoms. The maximum atomic E-state index is 14.2. The standard InChI is InChI=1S/C25H16F2N2O3.C22H16F2N2O2.C10H8BrNO.C3H2O2/c1-3-24(30)28-16-9-11-22(32-23-10-8-15(26)12-21(23)27)19(13-16)20-14-29(2)25(31)18-7-5-4-6-17(18)20;1-26-12-18(15-4-2-3-5-16(15)22(26)27)17-11-14(25)7-9-20(17)28-21-8-6-13(23)10-19(21)24;1-12-6-9(11)7-4-2-3-5-8(7)10(12)13;1-2-3(4)5/h1,4-14H,2H3,(H,28,30);2-12H,25H2,1H3;2-6H,1H3;1H,(H,4,5). The molecule has 0 aliphatic rings. The molecule has 0 bridgehead atoms. The lowest BCUT2D eigenvalue weighted by atomic mass is 9.99. The summed E-state index contributed by atoms with van der Waals surface area (Å²) in [6, 6.07) is 37.5. The number of nitrogen functional groups attached to an aromatic ring is 1. The first kappa shape index (κ1) is 55.6. The molecular weight excluding hydrogens is 1070 g/mol. The van der Waals surface area contributed by atoms with Crippen LogP contribution in [0.2, 0.25) is 0 Å². The number of ether oxygens (including phenoxy) is 2. The van der Waals surface area contributed by atoms with Gasteiger partial charge in [0.1, 0.15) is 23.1 Å². The Balaban J connectivity index is 0.000000173. The summed E-state index contributed by atoms with van der Waals surface area (Å²) in [7, 11) is 5.02. The molecule has 10 aromatic rings. The van der Waals surface area contributed by atoms with Crippen LogP contribution in [0.4, 0.5) is 28.9 Å². The van der Waals surface area contributed by atoms with Gasteiger partial charge in [0.15, 0.2) is 23.1 Å². The van der Waals surface area contributed by atoms with Crippen molar-refractivity contribution in [1.82, 2.24) is 13.7 Å². The van der Waals surface area contributed by atoms with Crippen LogP contribution in [0.5, 0.6) is 23.0 Å². The van der Waals surface area contributed by atoms with E-state index in [2.05, 4.69) is 27.7 Å². The lowest BCUT2D eigenvalue weighted by Crippen LogP contribution is -2.16. The number of nitrogens with one attached hydrogen (secondary N) is 1. The number of amides is 1. The van der Waals surface area contributed by atoms with Gasteiger partial charge in [-0.15, -0.1) is 12.8 Å². The number of benzene rings is 7. The van der Waals surface area contributed by atoms with E-state index in [1.165, 1.54) is 33.3 Å². The van der Waals surface area contributed by atoms with E-state index in [0.29, 0.717) is 55.5 Å². The molecule has 78 heavy (non-hydrogen) atoms. The topological polar surface area (TPSA) is 177 Å². The first-order chi connectivity index (χ1) is 37.3. The van der Waals surface area contributed by atoms with Gasteiger partial charge in [-0.1, -0.05) is 54.6 Å². The number of pyridine rings is 3.